The number of halogens is 2. The van der Waals surface area contributed by atoms with Crippen molar-refractivity contribution in [2.75, 3.05) is 37.6 Å². The monoisotopic (exact) mass is 428 g/mol. The molecule has 9 nitrogen and oxygen atoms in total. The maximum absolute atomic E-state index is 13.0. The van der Waals surface area contributed by atoms with Gasteiger partial charge in [-0.1, -0.05) is 6.07 Å². The molecule has 0 atom stereocenters. The van der Waals surface area contributed by atoms with E-state index in [9.17, 15) is 13.6 Å². The van der Waals surface area contributed by atoms with Gasteiger partial charge in [-0.2, -0.15) is 13.9 Å². The predicted octanol–water partition coefficient (Wildman–Crippen LogP) is 1.08. The number of aromatic amines is 1. The first-order chi connectivity index (χ1) is 15.1. The van der Waals surface area contributed by atoms with Crippen LogP contribution in [0.3, 0.4) is 0 Å². The summed E-state index contributed by atoms with van der Waals surface area (Å²) in [6, 6.07) is 9.00. The highest BCUT2D eigenvalue weighted by Gasteiger charge is 2.17. The molecule has 3 aromatic rings. The van der Waals surface area contributed by atoms with Crippen molar-refractivity contribution in [1.29, 1.82) is 0 Å². The minimum atomic E-state index is -1.87. The standard InChI is InChI=1S/C20H22F2N8O/c21-19(22)14(11-23)10-18-27-28-20(31)30(18)17-3-1-2-15(26-17)13-4-5-16(25-12-13)29-8-6-24-7-9-29/h1-5,12,24H,6-11,23H2,(H,28,31). The molecule has 0 aromatic carbocycles. The number of nitrogens with one attached hydrogen (secondary N) is 2. The van der Waals surface area contributed by atoms with Crippen LogP contribution in [0.1, 0.15) is 5.82 Å². The zero-order chi connectivity index (χ0) is 21.8. The molecular weight excluding hydrogens is 406 g/mol. The molecule has 4 rings (SSSR count). The van der Waals surface area contributed by atoms with E-state index in [2.05, 4.69) is 30.4 Å². The van der Waals surface area contributed by atoms with Crippen molar-refractivity contribution < 1.29 is 8.78 Å². The number of piperazine rings is 1. The zero-order valence-corrected chi connectivity index (χ0v) is 16.7. The lowest BCUT2D eigenvalue weighted by atomic mass is 10.2. The zero-order valence-electron chi connectivity index (χ0n) is 16.7. The van der Waals surface area contributed by atoms with Gasteiger partial charge in [0.05, 0.1) is 5.69 Å². The molecule has 1 fully saturated rings. The number of anilines is 1. The number of pyridine rings is 2. The first-order valence-electron chi connectivity index (χ1n) is 9.85. The third kappa shape index (κ3) is 4.52. The van der Waals surface area contributed by atoms with Gasteiger partial charge in [-0.05, 0) is 24.3 Å². The van der Waals surface area contributed by atoms with Crippen molar-refractivity contribution in [3.8, 4) is 17.1 Å². The fourth-order valence-electron chi connectivity index (χ4n) is 3.42. The molecule has 1 saturated heterocycles. The Hall–Kier alpha value is -3.44. The lowest BCUT2D eigenvalue weighted by Gasteiger charge is -2.28. The van der Waals surface area contributed by atoms with Gasteiger partial charge in [0, 0.05) is 56.5 Å². The van der Waals surface area contributed by atoms with E-state index in [1.807, 2.05) is 12.1 Å². The van der Waals surface area contributed by atoms with Crippen molar-refractivity contribution in [3.05, 3.63) is 64.5 Å². The summed E-state index contributed by atoms with van der Waals surface area (Å²) >= 11 is 0. The van der Waals surface area contributed by atoms with E-state index in [0.29, 0.717) is 5.69 Å². The summed E-state index contributed by atoms with van der Waals surface area (Å²) in [6.45, 7) is 3.29. The summed E-state index contributed by atoms with van der Waals surface area (Å²) in [5.74, 6) is 1.27. The molecule has 0 radical (unpaired) electrons. The largest absolute Gasteiger partial charge is 0.354 e. The van der Waals surface area contributed by atoms with Crippen molar-refractivity contribution >= 4 is 5.82 Å². The fourth-order valence-corrected chi connectivity index (χ4v) is 3.42. The van der Waals surface area contributed by atoms with E-state index in [1.165, 1.54) is 4.57 Å². The normalized spacial score (nSPS) is 14.0. The smallest absolute Gasteiger partial charge is 0.349 e. The van der Waals surface area contributed by atoms with Crippen molar-refractivity contribution in [2.45, 2.75) is 6.42 Å². The molecule has 0 aliphatic carbocycles. The molecule has 4 N–H and O–H groups in total. The third-order valence-electron chi connectivity index (χ3n) is 5.08. The Morgan fingerprint density at radius 2 is 1.94 bits per heavy atom. The van der Waals surface area contributed by atoms with E-state index in [1.54, 1.807) is 24.4 Å². The molecule has 0 unspecified atom stereocenters. The van der Waals surface area contributed by atoms with Crippen molar-refractivity contribution in [3.63, 3.8) is 0 Å². The molecule has 1 aliphatic heterocycles. The molecule has 0 amide bonds. The minimum Gasteiger partial charge on any atom is -0.354 e. The highest BCUT2D eigenvalue weighted by molar-refractivity contribution is 5.61. The van der Waals surface area contributed by atoms with E-state index in [-0.39, 0.29) is 30.2 Å². The number of nitrogens with two attached hydrogens (primary N) is 1. The Kier molecular flexibility index (Phi) is 6.14. The van der Waals surface area contributed by atoms with Crippen LogP contribution in [0.25, 0.3) is 17.1 Å². The van der Waals surface area contributed by atoms with E-state index >= 15 is 0 Å². The summed E-state index contributed by atoms with van der Waals surface area (Å²) in [4.78, 5) is 23.6. The van der Waals surface area contributed by atoms with Crippen LogP contribution in [-0.4, -0.2) is 57.5 Å². The van der Waals surface area contributed by atoms with Gasteiger partial charge in [-0.3, -0.25) is 0 Å². The molecule has 3 aromatic heterocycles. The van der Waals surface area contributed by atoms with Gasteiger partial charge in [0.2, 0.25) is 0 Å². The lowest BCUT2D eigenvalue weighted by Crippen LogP contribution is -2.43. The van der Waals surface area contributed by atoms with E-state index < -0.39 is 11.8 Å². The first-order valence-corrected chi connectivity index (χ1v) is 9.85. The molecule has 11 heteroatoms. The van der Waals surface area contributed by atoms with Crippen LogP contribution in [0.15, 0.2) is 53.0 Å². The Labute approximate surface area is 176 Å². The maximum Gasteiger partial charge on any atom is 0.349 e. The van der Waals surface area contributed by atoms with Gasteiger partial charge in [0.1, 0.15) is 17.5 Å². The molecular formula is C20H22F2N8O. The summed E-state index contributed by atoms with van der Waals surface area (Å²) in [7, 11) is 0. The van der Waals surface area contributed by atoms with Crippen LogP contribution < -0.4 is 21.6 Å². The van der Waals surface area contributed by atoms with E-state index in [0.717, 1.165) is 37.6 Å². The highest BCUT2D eigenvalue weighted by atomic mass is 19.3. The van der Waals surface area contributed by atoms with Crippen LogP contribution in [0.2, 0.25) is 0 Å². The molecule has 0 bridgehead atoms. The highest BCUT2D eigenvalue weighted by Crippen LogP contribution is 2.21. The SMILES string of the molecule is NCC(Cc1n[nH]c(=O)n1-c1cccc(-c2ccc(N3CCNCC3)nc2)n1)=C(F)F. The van der Waals surface area contributed by atoms with Crippen molar-refractivity contribution in [2.24, 2.45) is 5.73 Å². The Morgan fingerprint density at radius 3 is 2.61 bits per heavy atom. The second-order valence-corrected chi connectivity index (χ2v) is 7.05. The maximum atomic E-state index is 13.0. The first kappa shape index (κ1) is 20.8. The number of H-pyrrole nitrogens is 1. The number of hydrogen-bond acceptors (Lipinski definition) is 7. The second-order valence-electron chi connectivity index (χ2n) is 7.05. The number of aromatic nitrogens is 5. The van der Waals surface area contributed by atoms with Crippen molar-refractivity contribution in [1.82, 2.24) is 30.0 Å². The molecule has 31 heavy (non-hydrogen) atoms. The number of rotatable bonds is 6. The molecule has 1 aliphatic rings. The molecule has 0 saturated carbocycles. The number of nitrogens with zero attached hydrogens (tertiary/aromatic N) is 5. The molecule has 4 heterocycles. The minimum absolute atomic E-state index is 0.107. The van der Waals surface area contributed by atoms with Crippen LogP contribution in [0, 0.1) is 0 Å². The average molecular weight is 428 g/mol. The Balaban J connectivity index is 1.63. The van der Waals surface area contributed by atoms with Gasteiger partial charge >= 0.3 is 5.69 Å². The molecule has 162 valence electrons. The number of hydrogen-bond donors (Lipinski definition) is 3. The lowest BCUT2D eigenvalue weighted by molar-refractivity contribution is 0.407. The average Bonchev–Trinajstić information content (AvgIpc) is 3.18. The van der Waals surface area contributed by atoms with Gasteiger partial charge in [0.25, 0.3) is 6.08 Å². The summed E-state index contributed by atoms with van der Waals surface area (Å²) < 4.78 is 27.2. The van der Waals surface area contributed by atoms with Crippen LogP contribution >= 0.6 is 0 Å². The predicted molar refractivity (Wildman–Crippen MR) is 112 cm³/mol. The molecule has 0 spiro atoms. The summed E-state index contributed by atoms with van der Waals surface area (Å²) in [5, 5.41) is 9.47. The van der Waals surface area contributed by atoms with Gasteiger partial charge in [-0.25, -0.2) is 24.4 Å². The van der Waals surface area contributed by atoms with Crippen LogP contribution in [0.5, 0.6) is 0 Å². The van der Waals surface area contributed by atoms with Crippen LogP contribution in [0.4, 0.5) is 14.6 Å². The van der Waals surface area contributed by atoms with Gasteiger partial charge < -0.3 is 16.0 Å². The summed E-state index contributed by atoms with van der Waals surface area (Å²) in [5.41, 5.74) is 5.91. The van der Waals surface area contributed by atoms with Gasteiger partial charge in [0.15, 0.2) is 0 Å². The topological polar surface area (TPSA) is 118 Å². The Morgan fingerprint density at radius 1 is 1.13 bits per heavy atom. The summed E-state index contributed by atoms with van der Waals surface area (Å²) in [6.07, 6.45) is -0.400. The van der Waals surface area contributed by atoms with Gasteiger partial charge in [-0.15, -0.1) is 0 Å². The van der Waals surface area contributed by atoms with E-state index in [4.69, 9.17) is 5.73 Å². The Bertz CT molecular complexity index is 1130. The quantitative estimate of drug-likeness (QED) is 0.538. The fraction of sp³-hybridized carbons (Fsp3) is 0.300. The third-order valence-corrected chi connectivity index (χ3v) is 5.08. The second kappa shape index (κ2) is 9.14. The van der Waals surface area contributed by atoms with Crippen LogP contribution in [-0.2, 0) is 6.42 Å².